The van der Waals surface area contributed by atoms with Gasteiger partial charge in [0.1, 0.15) is 12.8 Å². The molecule has 25 heavy (non-hydrogen) atoms. The number of anilines is 1. The van der Waals surface area contributed by atoms with Crippen LogP contribution >= 0.6 is 0 Å². The van der Waals surface area contributed by atoms with Crippen molar-refractivity contribution in [2.75, 3.05) is 32.1 Å². The molecule has 0 atom stereocenters. The van der Waals surface area contributed by atoms with Gasteiger partial charge in [0, 0.05) is 37.4 Å². The summed E-state index contributed by atoms with van der Waals surface area (Å²) >= 11 is 0. The van der Waals surface area contributed by atoms with Crippen molar-refractivity contribution in [2.24, 2.45) is 0 Å². The molecule has 2 aromatic rings. The Morgan fingerprint density at radius 2 is 2.20 bits per heavy atom. The Kier molecular flexibility index (Phi) is 6.18. The summed E-state index contributed by atoms with van der Waals surface area (Å²) in [5.74, 6) is -0.778. The first-order valence-corrected chi connectivity index (χ1v) is 7.24. The van der Waals surface area contributed by atoms with Crippen LogP contribution in [0.25, 0.3) is 0 Å². The Morgan fingerprint density at radius 3 is 2.84 bits per heavy atom. The minimum Gasteiger partial charge on any atom is -0.383 e. The predicted molar refractivity (Wildman–Crippen MR) is 86.0 cm³/mol. The molecule has 0 spiro atoms. The third-order valence-electron chi connectivity index (χ3n) is 3.20. The van der Waals surface area contributed by atoms with Gasteiger partial charge in [0.15, 0.2) is 5.82 Å². The Morgan fingerprint density at radius 1 is 1.40 bits per heavy atom. The zero-order chi connectivity index (χ0) is 18.2. The minimum absolute atomic E-state index is 0.111. The first-order chi connectivity index (χ1) is 12.0. The molecule has 1 N–H and O–H groups in total. The standard InChI is InChI=1S/C15H16N4O6/c1-24-8-6-18(10-14(20)16-13-5-7-25-17-13)15(21)11-3-2-4-12(9-11)19(22)23/h2-5,7,9H,6,8,10H2,1H3,(H,16,17,20). The largest absolute Gasteiger partial charge is 0.383 e. The van der Waals surface area contributed by atoms with E-state index in [0.29, 0.717) is 0 Å². The Labute approximate surface area is 142 Å². The second kappa shape index (κ2) is 8.55. The fraction of sp³-hybridized carbons (Fsp3) is 0.267. The minimum atomic E-state index is -0.590. The fourth-order valence-corrected chi connectivity index (χ4v) is 2.02. The van der Waals surface area contributed by atoms with Crippen molar-refractivity contribution in [2.45, 2.75) is 0 Å². The summed E-state index contributed by atoms with van der Waals surface area (Å²) in [5, 5.41) is 16.9. The molecule has 0 saturated carbocycles. The van der Waals surface area contributed by atoms with Gasteiger partial charge in [-0.1, -0.05) is 11.2 Å². The van der Waals surface area contributed by atoms with Gasteiger partial charge in [0.25, 0.3) is 11.6 Å². The second-order valence-corrected chi connectivity index (χ2v) is 4.96. The van der Waals surface area contributed by atoms with Gasteiger partial charge in [-0.2, -0.15) is 0 Å². The number of aromatic nitrogens is 1. The number of nitrogens with one attached hydrogen (secondary N) is 1. The number of carbonyl (C=O) groups is 2. The number of ether oxygens (including phenoxy) is 1. The lowest BCUT2D eigenvalue weighted by Gasteiger charge is -2.21. The number of nitrogens with zero attached hydrogens (tertiary/aromatic N) is 3. The highest BCUT2D eigenvalue weighted by Crippen LogP contribution is 2.15. The lowest BCUT2D eigenvalue weighted by molar-refractivity contribution is -0.384. The highest BCUT2D eigenvalue weighted by Gasteiger charge is 2.21. The molecular formula is C15H16N4O6. The van der Waals surface area contributed by atoms with E-state index in [9.17, 15) is 19.7 Å². The van der Waals surface area contributed by atoms with Gasteiger partial charge in [-0.15, -0.1) is 0 Å². The zero-order valence-corrected chi connectivity index (χ0v) is 13.4. The molecule has 1 aromatic heterocycles. The quantitative estimate of drug-likeness (QED) is 0.562. The van der Waals surface area contributed by atoms with E-state index >= 15 is 0 Å². The molecule has 2 amide bonds. The number of non-ortho nitro benzene ring substituents is 1. The maximum atomic E-state index is 12.6. The molecule has 0 bridgehead atoms. The van der Waals surface area contributed by atoms with Gasteiger partial charge < -0.3 is 19.5 Å². The number of hydrogen-bond donors (Lipinski definition) is 1. The summed E-state index contributed by atoms with van der Waals surface area (Å²) in [6.07, 6.45) is 1.30. The number of nitro benzene ring substituents is 1. The first-order valence-electron chi connectivity index (χ1n) is 7.24. The van der Waals surface area contributed by atoms with Crippen LogP contribution in [0.15, 0.2) is 41.1 Å². The summed E-state index contributed by atoms with van der Waals surface area (Å²) in [6.45, 7) is 0.0832. The molecule has 0 aliphatic heterocycles. The van der Waals surface area contributed by atoms with E-state index in [2.05, 4.69) is 15.0 Å². The Hall–Kier alpha value is -3.27. The maximum absolute atomic E-state index is 12.6. The van der Waals surface area contributed by atoms with E-state index in [0.717, 1.165) is 6.07 Å². The van der Waals surface area contributed by atoms with Crippen LogP contribution in [-0.4, -0.2) is 53.6 Å². The van der Waals surface area contributed by atoms with Crippen LogP contribution in [0.5, 0.6) is 0 Å². The monoisotopic (exact) mass is 348 g/mol. The van der Waals surface area contributed by atoms with Crippen molar-refractivity contribution >= 4 is 23.3 Å². The predicted octanol–water partition coefficient (Wildman–Crippen LogP) is 1.31. The molecule has 1 heterocycles. The Balaban J connectivity index is 2.12. The summed E-state index contributed by atoms with van der Waals surface area (Å²) in [5.41, 5.74) is -0.0934. The average Bonchev–Trinajstić information content (AvgIpc) is 3.10. The lowest BCUT2D eigenvalue weighted by atomic mass is 10.1. The van der Waals surface area contributed by atoms with Gasteiger partial charge in [0.2, 0.25) is 5.91 Å². The summed E-state index contributed by atoms with van der Waals surface area (Å²) in [7, 11) is 1.46. The smallest absolute Gasteiger partial charge is 0.270 e. The van der Waals surface area contributed by atoms with Crippen molar-refractivity contribution in [3.63, 3.8) is 0 Å². The number of amides is 2. The van der Waals surface area contributed by atoms with Crippen molar-refractivity contribution in [1.29, 1.82) is 0 Å². The molecule has 0 aliphatic carbocycles. The van der Waals surface area contributed by atoms with E-state index < -0.39 is 16.7 Å². The van der Waals surface area contributed by atoms with Gasteiger partial charge in [-0.3, -0.25) is 19.7 Å². The second-order valence-electron chi connectivity index (χ2n) is 4.96. The number of methoxy groups -OCH3 is 1. The summed E-state index contributed by atoms with van der Waals surface area (Å²) in [6, 6.07) is 6.77. The third kappa shape index (κ3) is 5.11. The SMILES string of the molecule is COCCN(CC(=O)Nc1ccon1)C(=O)c1cccc([N+](=O)[O-])c1. The number of carbonyl (C=O) groups excluding carboxylic acids is 2. The molecule has 1 aromatic carbocycles. The molecule has 2 rings (SSSR count). The number of rotatable bonds is 8. The molecule has 0 fully saturated rings. The van der Waals surface area contributed by atoms with E-state index in [1.807, 2.05) is 0 Å². The zero-order valence-electron chi connectivity index (χ0n) is 13.4. The Bertz CT molecular complexity index is 746. The lowest BCUT2D eigenvalue weighted by Crippen LogP contribution is -2.40. The van der Waals surface area contributed by atoms with Gasteiger partial charge in [-0.25, -0.2) is 0 Å². The highest BCUT2D eigenvalue weighted by atomic mass is 16.6. The number of hydrogen-bond acceptors (Lipinski definition) is 7. The van der Waals surface area contributed by atoms with Crippen LogP contribution in [0.1, 0.15) is 10.4 Å². The summed E-state index contributed by atoms with van der Waals surface area (Å²) < 4.78 is 9.56. The fourth-order valence-electron chi connectivity index (χ4n) is 2.02. The molecule has 0 saturated heterocycles. The molecule has 0 unspecified atom stereocenters. The van der Waals surface area contributed by atoms with Crippen LogP contribution in [0.4, 0.5) is 11.5 Å². The normalized spacial score (nSPS) is 10.3. The molecule has 10 nitrogen and oxygen atoms in total. The molecule has 10 heteroatoms. The van der Waals surface area contributed by atoms with Crippen LogP contribution in [0.2, 0.25) is 0 Å². The average molecular weight is 348 g/mol. The van der Waals surface area contributed by atoms with E-state index in [4.69, 9.17) is 4.74 Å². The molecule has 132 valence electrons. The maximum Gasteiger partial charge on any atom is 0.270 e. The van der Waals surface area contributed by atoms with Gasteiger partial charge in [0.05, 0.1) is 11.5 Å². The van der Waals surface area contributed by atoms with Crippen molar-refractivity contribution in [3.05, 3.63) is 52.3 Å². The van der Waals surface area contributed by atoms with Crippen LogP contribution in [0, 0.1) is 10.1 Å². The topological polar surface area (TPSA) is 128 Å². The van der Waals surface area contributed by atoms with Crippen LogP contribution in [0.3, 0.4) is 0 Å². The van der Waals surface area contributed by atoms with Crippen molar-refractivity contribution < 1.29 is 23.8 Å². The van der Waals surface area contributed by atoms with Crippen molar-refractivity contribution in [1.82, 2.24) is 10.1 Å². The van der Waals surface area contributed by atoms with Crippen LogP contribution < -0.4 is 5.32 Å². The number of benzene rings is 1. The molecule has 0 aliphatic rings. The number of nitro groups is 1. The third-order valence-corrected chi connectivity index (χ3v) is 3.20. The van der Waals surface area contributed by atoms with E-state index in [1.54, 1.807) is 0 Å². The summed E-state index contributed by atoms with van der Waals surface area (Å²) in [4.78, 5) is 36.2. The van der Waals surface area contributed by atoms with Crippen LogP contribution in [-0.2, 0) is 9.53 Å². The van der Waals surface area contributed by atoms with E-state index in [1.165, 1.54) is 42.5 Å². The highest BCUT2D eigenvalue weighted by molar-refractivity contribution is 5.99. The van der Waals surface area contributed by atoms with E-state index in [-0.39, 0.29) is 36.8 Å². The first kappa shape index (κ1) is 18.1. The van der Waals surface area contributed by atoms with Crippen molar-refractivity contribution in [3.8, 4) is 0 Å². The van der Waals surface area contributed by atoms with Gasteiger partial charge >= 0.3 is 0 Å². The molecule has 0 radical (unpaired) electrons. The molecular weight excluding hydrogens is 332 g/mol. The van der Waals surface area contributed by atoms with Gasteiger partial charge in [-0.05, 0) is 6.07 Å².